The Balaban J connectivity index is 1.14. The molecule has 48 heavy (non-hydrogen) atoms. The zero-order valence-corrected chi connectivity index (χ0v) is 27.0. The summed E-state index contributed by atoms with van der Waals surface area (Å²) in [4.78, 5) is 24.0. The molecule has 1 N–H and O–H groups in total. The molecular weight excluding hydrogens is 623 g/mol. The molecular formula is C35H38F3N7O3. The Hall–Kier alpha value is -4.48. The smallest absolute Gasteiger partial charge is 0.416 e. The Kier molecular flexibility index (Phi) is 10.3. The van der Waals surface area contributed by atoms with Gasteiger partial charge >= 0.3 is 6.18 Å². The molecule has 6 rings (SSSR count). The lowest BCUT2D eigenvalue weighted by molar-refractivity contribution is -0.138. The van der Waals surface area contributed by atoms with Crippen LogP contribution in [0.25, 0.3) is 5.65 Å². The molecule has 0 atom stereocenters. The maximum absolute atomic E-state index is 14.1. The number of rotatable bonds is 8. The molecule has 0 radical (unpaired) electrons. The number of nitrogens with one attached hydrogen (secondary N) is 1. The number of amides is 1. The Morgan fingerprint density at radius 3 is 2.54 bits per heavy atom. The highest BCUT2D eigenvalue weighted by Gasteiger charge is 2.34. The molecule has 252 valence electrons. The number of hydrogen-bond donors (Lipinski definition) is 1. The monoisotopic (exact) mass is 661 g/mol. The minimum atomic E-state index is -4.56. The third-order valence-corrected chi connectivity index (χ3v) is 8.59. The lowest BCUT2D eigenvalue weighted by atomic mass is 10.0. The molecule has 0 bridgehead atoms. The topological polar surface area (TPSA) is 87.5 Å². The Labute approximate surface area is 277 Å². The van der Waals surface area contributed by atoms with Crippen molar-refractivity contribution >= 4 is 17.2 Å². The summed E-state index contributed by atoms with van der Waals surface area (Å²) in [6, 6.07) is 12.6. The van der Waals surface area contributed by atoms with Crippen molar-refractivity contribution in [3.8, 4) is 17.7 Å². The molecule has 0 unspecified atom stereocenters. The van der Waals surface area contributed by atoms with Gasteiger partial charge in [-0.1, -0.05) is 18.1 Å². The second kappa shape index (κ2) is 14.7. The van der Waals surface area contributed by atoms with Crippen molar-refractivity contribution in [2.45, 2.75) is 19.6 Å². The molecule has 2 aromatic heterocycles. The molecule has 2 aromatic carbocycles. The van der Waals surface area contributed by atoms with Gasteiger partial charge in [-0.2, -0.15) is 13.2 Å². The Morgan fingerprint density at radius 1 is 0.979 bits per heavy atom. The van der Waals surface area contributed by atoms with Crippen molar-refractivity contribution in [1.82, 2.24) is 29.3 Å². The van der Waals surface area contributed by atoms with Crippen LogP contribution in [0.5, 0.6) is 5.88 Å². The molecule has 0 aliphatic carbocycles. The molecule has 13 heteroatoms. The highest BCUT2D eigenvalue weighted by molar-refractivity contribution is 6.04. The van der Waals surface area contributed by atoms with Gasteiger partial charge in [-0.25, -0.2) is 9.50 Å². The maximum Gasteiger partial charge on any atom is 0.416 e. The number of nitrogens with zero attached hydrogens (tertiary/aromatic N) is 6. The number of likely N-dealkylation sites (N-methyl/N-ethyl adjacent to an activating group) is 1. The largest absolute Gasteiger partial charge is 0.475 e. The van der Waals surface area contributed by atoms with Gasteiger partial charge in [-0.15, -0.1) is 5.10 Å². The third-order valence-electron chi connectivity index (χ3n) is 8.59. The number of piperazine rings is 1. The first-order chi connectivity index (χ1) is 23.1. The minimum Gasteiger partial charge on any atom is -0.475 e. The van der Waals surface area contributed by atoms with Gasteiger partial charge in [-0.05, 0) is 61.4 Å². The predicted molar refractivity (Wildman–Crippen MR) is 175 cm³/mol. The molecule has 0 spiro atoms. The molecule has 10 nitrogen and oxygen atoms in total. The van der Waals surface area contributed by atoms with Crippen LogP contribution in [0.2, 0.25) is 0 Å². The second-order valence-corrected chi connectivity index (χ2v) is 12.1. The number of aryl methyl sites for hydroxylation is 1. The first-order valence-corrected chi connectivity index (χ1v) is 15.9. The van der Waals surface area contributed by atoms with Crippen LogP contribution in [0.4, 0.5) is 18.9 Å². The van der Waals surface area contributed by atoms with Gasteiger partial charge in [0.1, 0.15) is 12.3 Å². The number of ether oxygens (including phenoxy) is 2. The molecule has 2 aliphatic rings. The van der Waals surface area contributed by atoms with Gasteiger partial charge in [0, 0.05) is 75.2 Å². The van der Waals surface area contributed by atoms with E-state index in [4.69, 9.17) is 9.47 Å². The number of aromatic nitrogens is 3. The normalized spacial score (nSPS) is 16.4. The van der Waals surface area contributed by atoms with Gasteiger partial charge in [0.05, 0.1) is 25.0 Å². The lowest BCUT2D eigenvalue weighted by Crippen LogP contribution is -2.44. The van der Waals surface area contributed by atoms with Gasteiger partial charge in [0.15, 0.2) is 5.65 Å². The number of carbonyl (C=O) groups excluding carboxylic acids is 1. The number of fused-ring (bicyclic) bond motifs is 1. The summed E-state index contributed by atoms with van der Waals surface area (Å²) in [6.45, 7) is 9.54. The molecule has 0 saturated carbocycles. The SMILES string of the molecule is Cc1ccc(C(=O)Nc2ccc(CN3CCN(C)CC3)c(C(F)(F)F)c2)cc1C#Cc1cnc2ccc(OCCN3CCOCC3)nn12. The summed E-state index contributed by atoms with van der Waals surface area (Å²) in [5.41, 5.74) is 2.35. The van der Waals surface area contributed by atoms with Crippen LogP contribution in [0, 0.1) is 18.8 Å². The van der Waals surface area contributed by atoms with E-state index < -0.39 is 17.6 Å². The number of imidazole rings is 1. The first-order valence-electron chi connectivity index (χ1n) is 15.9. The van der Waals surface area contributed by atoms with E-state index in [9.17, 15) is 18.0 Å². The molecule has 4 heterocycles. The zero-order chi connectivity index (χ0) is 33.7. The number of carbonyl (C=O) groups is 1. The second-order valence-electron chi connectivity index (χ2n) is 12.1. The fraction of sp³-hybridized carbons (Fsp3) is 0.400. The molecule has 1 amide bonds. The van der Waals surface area contributed by atoms with E-state index in [0.29, 0.717) is 42.5 Å². The van der Waals surface area contributed by atoms with Gasteiger partial charge < -0.3 is 19.7 Å². The summed E-state index contributed by atoms with van der Waals surface area (Å²) in [6.07, 6.45) is -2.94. The average molecular weight is 662 g/mol. The summed E-state index contributed by atoms with van der Waals surface area (Å²) >= 11 is 0. The van der Waals surface area contributed by atoms with Gasteiger partial charge in [0.2, 0.25) is 5.88 Å². The average Bonchev–Trinajstić information content (AvgIpc) is 3.48. The lowest BCUT2D eigenvalue weighted by Gasteiger charge is -2.33. The summed E-state index contributed by atoms with van der Waals surface area (Å²) in [5, 5.41) is 7.19. The van der Waals surface area contributed by atoms with E-state index in [2.05, 4.69) is 37.0 Å². The summed E-state index contributed by atoms with van der Waals surface area (Å²) in [5.74, 6) is 6.11. The molecule has 2 saturated heterocycles. The number of morpholine rings is 1. The van der Waals surface area contributed by atoms with Crippen LogP contribution in [-0.2, 0) is 17.5 Å². The predicted octanol–water partition coefficient (Wildman–Crippen LogP) is 4.17. The highest BCUT2D eigenvalue weighted by Crippen LogP contribution is 2.35. The van der Waals surface area contributed by atoms with E-state index >= 15 is 0 Å². The third kappa shape index (κ3) is 8.32. The Morgan fingerprint density at radius 2 is 1.77 bits per heavy atom. The van der Waals surface area contributed by atoms with Crippen molar-refractivity contribution in [3.05, 3.63) is 88.2 Å². The van der Waals surface area contributed by atoms with Gasteiger partial charge in [-0.3, -0.25) is 14.6 Å². The maximum atomic E-state index is 14.1. The molecule has 4 aromatic rings. The quantitative estimate of drug-likeness (QED) is 0.282. The fourth-order valence-electron chi connectivity index (χ4n) is 5.66. The molecule has 2 aliphatic heterocycles. The number of anilines is 1. The van der Waals surface area contributed by atoms with Crippen LogP contribution in [-0.4, -0.2) is 108 Å². The van der Waals surface area contributed by atoms with Crippen molar-refractivity contribution in [2.24, 2.45) is 0 Å². The van der Waals surface area contributed by atoms with Crippen molar-refractivity contribution < 1.29 is 27.4 Å². The van der Waals surface area contributed by atoms with Gasteiger partial charge in [0.25, 0.3) is 5.91 Å². The molecule has 2 fully saturated rings. The number of benzene rings is 2. The van der Waals surface area contributed by atoms with Crippen LogP contribution in [0.15, 0.2) is 54.7 Å². The standard InChI is InChI=1S/C35H38F3N7O3/c1-25-3-4-27(34(46)40-29-7-5-28(31(22-29)35(36,37)38)24-44-13-11-42(2)12-14-44)21-26(25)6-8-30-23-39-32-9-10-33(41-45(30)32)48-20-17-43-15-18-47-19-16-43/h3-5,7,9-10,21-23H,11-20,24H2,1-2H3,(H,40,46). The van der Waals surface area contributed by atoms with Crippen molar-refractivity contribution in [3.63, 3.8) is 0 Å². The fourth-order valence-corrected chi connectivity index (χ4v) is 5.66. The van der Waals surface area contributed by atoms with E-state index in [1.165, 1.54) is 12.1 Å². The van der Waals surface area contributed by atoms with E-state index in [-0.39, 0.29) is 23.4 Å². The zero-order valence-electron chi connectivity index (χ0n) is 27.0. The summed E-state index contributed by atoms with van der Waals surface area (Å²) in [7, 11) is 2.00. The minimum absolute atomic E-state index is 0.0717. The number of hydrogen-bond acceptors (Lipinski definition) is 8. The van der Waals surface area contributed by atoms with Crippen molar-refractivity contribution in [2.75, 3.05) is 78.0 Å². The number of halogens is 3. The van der Waals surface area contributed by atoms with Crippen LogP contribution < -0.4 is 10.1 Å². The van der Waals surface area contributed by atoms with E-state index in [1.807, 2.05) is 24.9 Å². The summed E-state index contributed by atoms with van der Waals surface area (Å²) < 4.78 is 55.1. The van der Waals surface area contributed by atoms with Crippen molar-refractivity contribution in [1.29, 1.82) is 0 Å². The van der Waals surface area contributed by atoms with Crippen LogP contribution in [0.3, 0.4) is 0 Å². The number of alkyl halides is 3. The van der Waals surface area contributed by atoms with Crippen LogP contribution >= 0.6 is 0 Å². The first kappa shape index (κ1) is 33.4. The highest BCUT2D eigenvalue weighted by atomic mass is 19.4. The Bertz CT molecular complexity index is 1820. The van der Waals surface area contributed by atoms with Crippen LogP contribution in [0.1, 0.15) is 38.3 Å². The van der Waals surface area contributed by atoms with E-state index in [0.717, 1.165) is 57.6 Å². The van der Waals surface area contributed by atoms with E-state index in [1.54, 1.807) is 35.0 Å².